The monoisotopic (exact) mass is 1070 g/mol. The minimum atomic E-state index is -2.03. The van der Waals surface area contributed by atoms with Gasteiger partial charge < -0.3 is 12.4 Å². The second-order valence-electron chi connectivity index (χ2n) is 7.89. The van der Waals surface area contributed by atoms with Crippen molar-refractivity contribution in [2.45, 2.75) is 0 Å². The molecule has 0 aliphatic heterocycles. The first-order valence-electron chi connectivity index (χ1n) is 12.7. The van der Waals surface area contributed by atoms with Crippen LogP contribution in [0.1, 0.15) is 22.8 Å². The van der Waals surface area contributed by atoms with Crippen LogP contribution < -0.4 is 31.3 Å². The molecule has 59 heavy (non-hydrogen) atoms. The van der Waals surface area contributed by atoms with Crippen molar-refractivity contribution in [3.63, 3.8) is 0 Å². The molecule has 0 atom stereocenters. The van der Waals surface area contributed by atoms with Crippen molar-refractivity contribution in [1.29, 1.82) is 36.5 Å². The molecule has 310 valence electrons. The van der Waals surface area contributed by atoms with E-state index >= 15 is 0 Å². The summed E-state index contributed by atoms with van der Waals surface area (Å²) in [6.45, 7) is 5.29. The second-order valence-corrected chi connectivity index (χ2v) is 12.6. The van der Waals surface area contributed by atoms with E-state index < -0.39 is 62.5 Å². The third-order valence-corrected chi connectivity index (χ3v) is 8.12. The number of halogens is 17. The molecule has 0 bridgehead atoms. The van der Waals surface area contributed by atoms with Gasteiger partial charge in [0.05, 0.1) is 25.1 Å². The number of pyridine rings is 4. The van der Waals surface area contributed by atoms with Gasteiger partial charge in [-0.15, -0.1) is 0 Å². The molecule has 0 aliphatic rings. The summed E-state index contributed by atoms with van der Waals surface area (Å²) in [5.74, 6) is -10.9. The number of nitrogens with one attached hydrogen (secondary N) is 3. The van der Waals surface area contributed by atoms with Gasteiger partial charge in [-0.2, -0.15) is 38.6 Å². The van der Waals surface area contributed by atoms with Crippen molar-refractivity contribution in [2.75, 3.05) is 20.0 Å². The summed E-state index contributed by atoms with van der Waals surface area (Å²) in [4.78, 5) is 12.2. The van der Waals surface area contributed by atoms with Crippen LogP contribution in [0, 0.1) is 102 Å². The molecule has 4 rings (SSSR count). The van der Waals surface area contributed by atoms with Gasteiger partial charge in [-0.25, -0.2) is 33.1 Å². The fourth-order valence-electron chi connectivity index (χ4n) is 2.25. The van der Waals surface area contributed by atoms with E-state index in [0.717, 1.165) is 6.07 Å². The predicted octanol–water partition coefficient (Wildman–Crippen LogP) is 8.65. The van der Waals surface area contributed by atoms with Gasteiger partial charge in [-0.3, -0.25) is 15.5 Å². The Morgan fingerprint density at radius 2 is 0.695 bits per heavy atom. The van der Waals surface area contributed by atoms with Crippen LogP contribution in [0.4, 0.5) is 30.7 Å². The van der Waals surface area contributed by atoms with E-state index in [2.05, 4.69) is 19.9 Å². The molecule has 0 fully saturated rings. The van der Waals surface area contributed by atoms with Crippen LogP contribution in [0.5, 0.6) is 0 Å². The van der Waals surface area contributed by atoms with Crippen LogP contribution in [0.3, 0.4) is 0 Å². The first-order valence-corrected chi connectivity index (χ1v) is 20.1. The minimum Gasteiger partial charge on any atom is -1.00 e. The SMILES string of the molecule is CP=N.CP=N.CP=N.N#Cc1nc(Cl)c(Cl)c(Cl)c1Cl.N#Cc1nc(F)c(Cl)c(Cl)c1Cl.N#Cc1nc(F)c(Cl)c(Cl)c1F.N#Cc1nc(F)c(F)c(F)c1F.[Cl-].[Li+]. The Labute approximate surface area is 398 Å². The molecule has 0 aromatic carbocycles. The van der Waals surface area contributed by atoms with Crippen LogP contribution in [0.25, 0.3) is 0 Å². The van der Waals surface area contributed by atoms with Gasteiger partial charge >= 0.3 is 18.9 Å². The van der Waals surface area contributed by atoms with E-state index in [1.165, 1.54) is 6.07 Å². The van der Waals surface area contributed by atoms with E-state index in [-0.39, 0.29) is 77.9 Å². The first-order chi connectivity index (χ1) is 26.5. The predicted molar refractivity (Wildman–Crippen MR) is 207 cm³/mol. The summed E-state index contributed by atoms with van der Waals surface area (Å²) >= 11 is 49.1. The van der Waals surface area contributed by atoms with Crippen LogP contribution in [-0.2, 0) is 0 Å². The van der Waals surface area contributed by atoms with Gasteiger partial charge in [0.2, 0.25) is 23.5 Å². The number of nitrogens with zero attached hydrogens (tertiary/aromatic N) is 8. The molecule has 0 radical (unpaired) electrons. The summed E-state index contributed by atoms with van der Waals surface area (Å²) in [5.41, 5.74) is -2.12. The van der Waals surface area contributed by atoms with Crippen molar-refractivity contribution < 1.29 is 62.0 Å². The molecule has 0 spiro atoms. The van der Waals surface area contributed by atoms with E-state index in [1.54, 1.807) is 32.1 Å². The van der Waals surface area contributed by atoms with E-state index in [1.807, 2.05) is 0 Å². The number of hydrogen-bond donors (Lipinski definition) is 3. The maximum Gasteiger partial charge on any atom is 1.00 e. The van der Waals surface area contributed by atoms with Crippen molar-refractivity contribution in [2.24, 2.45) is 0 Å². The number of hydrogen-bond acceptors (Lipinski definition) is 11. The number of nitriles is 4. The maximum atomic E-state index is 12.8. The third-order valence-electron chi connectivity index (χ3n) is 4.36. The fraction of sp³-hybridized carbons (Fsp3) is 0.111. The van der Waals surface area contributed by atoms with Crippen molar-refractivity contribution in [1.82, 2.24) is 19.9 Å². The Hall–Kier alpha value is -2.13. The average Bonchev–Trinajstić information content (AvgIpc) is 3.18. The number of rotatable bonds is 0. The summed E-state index contributed by atoms with van der Waals surface area (Å²) in [7, 11) is 2.00. The van der Waals surface area contributed by atoms with Gasteiger partial charge in [0.15, 0.2) is 39.6 Å². The van der Waals surface area contributed by atoms with Crippen molar-refractivity contribution in [3.05, 3.63) is 109 Å². The molecule has 32 heteroatoms. The Morgan fingerprint density at radius 1 is 0.407 bits per heavy atom. The molecule has 4 aromatic heterocycles. The van der Waals surface area contributed by atoms with Gasteiger partial charge in [0.1, 0.15) is 39.3 Å². The van der Waals surface area contributed by atoms with E-state index in [4.69, 9.17) is 141 Å². The summed E-state index contributed by atoms with van der Waals surface area (Å²) in [5, 5.41) is 49.9. The third kappa shape index (κ3) is 22.0. The Balaban J connectivity index is -0.000000203. The normalized spacial score (nSPS) is 8.86. The Kier molecular flexibility index (Phi) is 39.7. The fourth-order valence-corrected chi connectivity index (χ4v) is 3.84. The smallest absolute Gasteiger partial charge is 1.00 e. The van der Waals surface area contributed by atoms with Gasteiger partial charge in [0.25, 0.3) is 5.95 Å². The molecule has 4 aromatic rings. The Bertz CT molecular complexity index is 1960. The maximum absolute atomic E-state index is 12.8. The van der Waals surface area contributed by atoms with Gasteiger partial charge in [0, 0.05) is 0 Å². The van der Waals surface area contributed by atoms with Gasteiger partial charge in [-0.1, -0.05) is 104 Å². The van der Waals surface area contributed by atoms with Crippen molar-refractivity contribution in [3.8, 4) is 24.3 Å². The van der Waals surface area contributed by atoms with E-state index in [9.17, 15) is 30.7 Å². The molecule has 11 nitrogen and oxygen atoms in total. The molecule has 0 unspecified atom stereocenters. The second kappa shape index (κ2) is 35.5. The molecule has 4 heterocycles. The van der Waals surface area contributed by atoms with Crippen LogP contribution >= 0.6 is 130 Å². The molecular formula is C27H12Cl10F7LiN11P3. The largest absolute Gasteiger partial charge is 1.00 e. The van der Waals surface area contributed by atoms with Crippen LogP contribution in [0.15, 0.2) is 0 Å². The molecule has 0 saturated heterocycles. The minimum absolute atomic E-state index is 0. The first kappa shape index (κ1) is 66.0. The standard InChI is InChI=1S/C6Cl4N2.C6Cl3FN2.C6Cl2F2N2.C6F4N2.3CH4NP.ClH.Li/c2*7-3-2(1-11)12-6(10)5(9)4(3)8;7-3-4(8)6(10)12-2(1-11)5(3)9;7-3-2(1-11)12-6(10)5(9)4(3)8;3*1-3-2;;/h;;;;3*2H,1H3;1H;/q;;;;;;;;+1/p-1. The molecule has 3 N–H and O–H groups in total. The molecule has 0 saturated carbocycles. The number of aromatic nitrogens is 4. The zero-order chi connectivity index (χ0) is 45.3. The van der Waals surface area contributed by atoms with Crippen LogP contribution in [0.2, 0.25) is 45.3 Å². The zero-order valence-corrected chi connectivity index (χ0v) is 39.1. The van der Waals surface area contributed by atoms with Crippen molar-refractivity contribution >= 4 is 130 Å². The molecule has 0 aliphatic carbocycles. The quantitative estimate of drug-likeness (QED) is 0.0668. The van der Waals surface area contributed by atoms with Crippen LogP contribution in [-0.4, -0.2) is 39.9 Å². The summed E-state index contributed by atoms with van der Waals surface area (Å²) < 4.78 is 86.9. The topological polar surface area (TPSA) is 218 Å². The zero-order valence-electron chi connectivity index (χ0n) is 28.8. The average molecular weight is 1080 g/mol. The molecule has 0 amide bonds. The Morgan fingerprint density at radius 3 is 1.07 bits per heavy atom. The van der Waals surface area contributed by atoms with Gasteiger partial charge in [-0.05, 0) is 45.1 Å². The van der Waals surface area contributed by atoms with E-state index in [0.29, 0.717) is 25.1 Å². The summed E-state index contributed by atoms with van der Waals surface area (Å²) in [6.07, 6.45) is 0. The summed E-state index contributed by atoms with van der Waals surface area (Å²) in [6, 6.07) is 5.72. The molecular weight excluding hydrogens is 1070 g/mol.